The lowest BCUT2D eigenvalue weighted by molar-refractivity contribution is -0.135. The SMILES string of the molecule is CCN(C)C(=O)CNC(=O)C1(C)COCC1N. The monoisotopic (exact) mass is 243 g/mol. The number of carbonyl (C=O) groups is 2. The summed E-state index contributed by atoms with van der Waals surface area (Å²) in [5.41, 5.74) is 5.09. The van der Waals surface area contributed by atoms with E-state index in [1.54, 1.807) is 18.9 Å². The zero-order valence-corrected chi connectivity index (χ0v) is 10.7. The van der Waals surface area contributed by atoms with Gasteiger partial charge in [-0.1, -0.05) is 0 Å². The molecule has 2 unspecified atom stereocenters. The van der Waals surface area contributed by atoms with Gasteiger partial charge in [0.05, 0.1) is 25.2 Å². The van der Waals surface area contributed by atoms with E-state index in [2.05, 4.69) is 5.32 Å². The molecule has 0 aromatic carbocycles. The highest BCUT2D eigenvalue weighted by atomic mass is 16.5. The molecule has 1 fully saturated rings. The van der Waals surface area contributed by atoms with E-state index in [-0.39, 0.29) is 24.4 Å². The van der Waals surface area contributed by atoms with Gasteiger partial charge in [-0.05, 0) is 13.8 Å². The lowest BCUT2D eigenvalue weighted by Crippen LogP contribution is -2.51. The zero-order valence-electron chi connectivity index (χ0n) is 10.7. The van der Waals surface area contributed by atoms with E-state index in [1.807, 2.05) is 6.92 Å². The van der Waals surface area contributed by atoms with Crippen LogP contribution in [0.4, 0.5) is 0 Å². The van der Waals surface area contributed by atoms with Crippen molar-refractivity contribution in [1.82, 2.24) is 10.2 Å². The van der Waals surface area contributed by atoms with Crippen molar-refractivity contribution in [2.24, 2.45) is 11.1 Å². The fraction of sp³-hybridized carbons (Fsp3) is 0.818. The van der Waals surface area contributed by atoms with Crippen molar-refractivity contribution in [2.75, 3.05) is 33.4 Å². The summed E-state index contributed by atoms with van der Waals surface area (Å²) >= 11 is 0. The van der Waals surface area contributed by atoms with Crippen LogP contribution in [0.1, 0.15) is 13.8 Å². The Labute approximate surface area is 101 Å². The molecule has 1 aliphatic heterocycles. The van der Waals surface area contributed by atoms with E-state index in [9.17, 15) is 9.59 Å². The van der Waals surface area contributed by atoms with Crippen LogP contribution < -0.4 is 11.1 Å². The number of carbonyl (C=O) groups excluding carboxylic acids is 2. The largest absolute Gasteiger partial charge is 0.379 e. The van der Waals surface area contributed by atoms with Crippen LogP contribution in [0, 0.1) is 5.41 Å². The molecule has 0 aromatic rings. The Balaban J connectivity index is 2.47. The van der Waals surface area contributed by atoms with Crippen molar-refractivity contribution in [3.05, 3.63) is 0 Å². The molecule has 0 spiro atoms. The minimum atomic E-state index is -0.731. The molecule has 98 valence electrons. The normalized spacial score (nSPS) is 27.9. The van der Waals surface area contributed by atoms with Gasteiger partial charge >= 0.3 is 0 Å². The Morgan fingerprint density at radius 2 is 2.24 bits per heavy atom. The third-order valence-corrected chi connectivity index (χ3v) is 3.34. The summed E-state index contributed by atoms with van der Waals surface area (Å²) < 4.78 is 5.19. The summed E-state index contributed by atoms with van der Waals surface area (Å²) in [5.74, 6) is -0.336. The summed E-state index contributed by atoms with van der Waals surface area (Å²) in [5, 5.41) is 2.62. The molecule has 6 nitrogen and oxygen atoms in total. The van der Waals surface area contributed by atoms with Crippen LogP contribution in [0.5, 0.6) is 0 Å². The van der Waals surface area contributed by atoms with Gasteiger partial charge in [0.1, 0.15) is 0 Å². The maximum absolute atomic E-state index is 12.0. The van der Waals surface area contributed by atoms with Crippen molar-refractivity contribution in [2.45, 2.75) is 19.9 Å². The van der Waals surface area contributed by atoms with Crippen LogP contribution in [0.2, 0.25) is 0 Å². The van der Waals surface area contributed by atoms with E-state index in [4.69, 9.17) is 10.5 Å². The Morgan fingerprint density at radius 1 is 1.59 bits per heavy atom. The summed E-state index contributed by atoms with van der Waals surface area (Å²) in [7, 11) is 1.70. The average molecular weight is 243 g/mol. The molecule has 1 aliphatic rings. The highest BCUT2D eigenvalue weighted by Gasteiger charge is 2.44. The number of hydrogen-bond acceptors (Lipinski definition) is 4. The van der Waals surface area contributed by atoms with Crippen molar-refractivity contribution in [3.8, 4) is 0 Å². The molecular formula is C11H21N3O3. The molecule has 0 saturated carbocycles. The first-order valence-electron chi connectivity index (χ1n) is 5.77. The van der Waals surface area contributed by atoms with E-state index >= 15 is 0 Å². The predicted octanol–water partition coefficient (Wildman–Crippen LogP) is -1.06. The molecule has 2 atom stereocenters. The molecule has 0 radical (unpaired) electrons. The van der Waals surface area contributed by atoms with Crippen molar-refractivity contribution >= 4 is 11.8 Å². The van der Waals surface area contributed by atoms with Crippen molar-refractivity contribution < 1.29 is 14.3 Å². The molecule has 3 N–H and O–H groups in total. The van der Waals surface area contributed by atoms with Gasteiger partial charge in [0.2, 0.25) is 11.8 Å². The second-order valence-electron chi connectivity index (χ2n) is 4.63. The predicted molar refractivity (Wildman–Crippen MR) is 63.2 cm³/mol. The van der Waals surface area contributed by atoms with Gasteiger partial charge in [-0.3, -0.25) is 9.59 Å². The lowest BCUT2D eigenvalue weighted by Gasteiger charge is -2.25. The first-order chi connectivity index (χ1) is 7.91. The quantitative estimate of drug-likeness (QED) is 0.659. The summed E-state index contributed by atoms with van der Waals surface area (Å²) in [6.45, 7) is 4.94. The van der Waals surface area contributed by atoms with Crippen LogP contribution in [-0.2, 0) is 14.3 Å². The number of ether oxygens (including phenoxy) is 1. The maximum atomic E-state index is 12.0. The summed E-state index contributed by atoms with van der Waals surface area (Å²) in [6, 6.07) is -0.318. The number of likely N-dealkylation sites (N-methyl/N-ethyl adjacent to an activating group) is 1. The Kier molecular flexibility index (Phi) is 4.47. The van der Waals surface area contributed by atoms with Gasteiger partial charge in [0.15, 0.2) is 0 Å². The maximum Gasteiger partial charge on any atom is 0.241 e. The standard InChI is InChI=1S/C11H21N3O3/c1-4-14(3)9(15)5-13-10(16)11(2)7-17-6-8(11)12/h8H,4-7,12H2,1-3H3,(H,13,16). The molecule has 1 saturated heterocycles. The van der Waals surface area contributed by atoms with Crippen LogP contribution in [0.25, 0.3) is 0 Å². The van der Waals surface area contributed by atoms with Gasteiger partial charge < -0.3 is 20.7 Å². The first kappa shape index (κ1) is 13.9. The Hall–Kier alpha value is -1.14. The second kappa shape index (κ2) is 5.46. The average Bonchev–Trinajstić information content (AvgIpc) is 2.66. The van der Waals surface area contributed by atoms with Crippen LogP contribution in [-0.4, -0.2) is 56.1 Å². The topological polar surface area (TPSA) is 84.7 Å². The van der Waals surface area contributed by atoms with E-state index < -0.39 is 5.41 Å². The first-order valence-corrected chi connectivity index (χ1v) is 5.77. The highest BCUT2D eigenvalue weighted by molar-refractivity contribution is 5.88. The molecule has 0 bridgehead atoms. The molecule has 1 heterocycles. The van der Waals surface area contributed by atoms with Gasteiger partial charge in [0, 0.05) is 19.6 Å². The molecule has 1 rings (SSSR count). The third-order valence-electron chi connectivity index (χ3n) is 3.34. The van der Waals surface area contributed by atoms with E-state index in [1.165, 1.54) is 0 Å². The minimum Gasteiger partial charge on any atom is -0.379 e. The van der Waals surface area contributed by atoms with Crippen molar-refractivity contribution in [1.29, 1.82) is 0 Å². The number of amides is 2. The highest BCUT2D eigenvalue weighted by Crippen LogP contribution is 2.26. The number of rotatable bonds is 4. The van der Waals surface area contributed by atoms with Gasteiger partial charge in [-0.2, -0.15) is 0 Å². The smallest absolute Gasteiger partial charge is 0.241 e. The third kappa shape index (κ3) is 2.95. The number of nitrogens with zero attached hydrogens (tertiary/aromatic N) is 1. The number of hydrogen-bond donors (Lipinski definition) is 2. The van der Waals surface area contributed by atoms with Gasteiger partial charge in [-0.15, -0.1) is 0 Å². The van der Waals surface area contributed by atoms with E-state index in [0.717, 1.165) is 0 Å². The fourth-order valence-corrected chi connectivity index (χ4v) is 1.59. The molecule has 0 aromatic heterocycles. The number of nitrogens with two attached hydrogens (primary N) is 1. The molecule has 17 heavy (non-hydrogen) atoms. The van der Waals surface area contributed by atoms with Crippen LogP contribution >= 0.6 is 0 Å². The van der Waals surface area contributed by atoms with Gasteiger partial charge in [0.25, 0.3) is 0 Å². The molecule has 6 heteroatoms. The number of nitrogens with one attached hydrogen (secondary N) is 1. The molecule has 2 amide bonds. The minimum absolute atomic E-state index is 0.00544. The van der Waals surface area contributed by atoms with Crippen LogP contribution in [0.15, 0.2) is 0 Å². The van der Waals surface area contributed by atoms with Gasteiger partial charge in [-0.25, -0.2) is 0 Å². The molecular weight excluding hydrogens is 222 g/mol. The van der Waals surface area contributed by atoms with Crippen molar-refractivity contribution in [3.63, 3.8) is 0 Å². The lowest BCUT2D eigenvalue weighted by atomic mass is 9.85. The zero-order chi connectivity index (χ0) is 13.1. The summed E-state index contributed by atoms with van der Waals surface area (Å²) in [4.78, 5) is 25.0. The summed E-state index contributed by atoms with van der Waals surface area (Å²) in [6.07, 6.45) is 0. The molecule has 0 aliphatic carbocycles. The fourth-order valence-electron chi connectivity index (χ4n) is 1.59. The Bertz CT molecular complexity index is 308. The van der Waals surface area contributed by atoms with Crippen LogP contribution in [0.3, 0.4) is 0 Å². The Morgan fingerprint density at radius 3 is 2.71 bits per heavy atom. The van der Waals surface area contributed by atoms with E-state index in [0.29, 0.717) is 19.8 Å². The second-order valence-corrected chi connectivity index (χ2v) is 4.63.